The van der Waals surface area contributed by atoms with E-state index in [9.17, 15) is 0 Å². The molecule has 0 amide bonds. The highest BCUT2D eigenvalue weighted by atomic mass is 16.5. The molecule has 1 atom stereocenters. The Morgan fingerprint density at radius 1 is 0.952 bits per heavy atom. The minimum absolute atomic E-state index is 0.410. The van der Waals surface area contributed by atoms with E-state index in [-0.39, 0.29) is 0 Å². The monoisotopic (exact) mass is 288 g/mol. The van der Waals surface area contributed by atoms with Crippen molar-refractivity contribution in [1.29, 1.82) is 0 Å². The number of benzene rings is 1. The van der Waals surface area contributed by atoms with Crippen LogP contribution in [-0.2, 0) is 0 Å². The van der Waals surface area contributed by atoms with Gasteiger partial charge in [0.05, 0.1) is 13.2 Å². The predicted molar refractivity (Wildman–Crippen MR) is 89.1 cm³/mol. The van der Waals surface area contributed by atoms with Crippen LogP contribution in [0, 0.1) is 11.8 Å². The van der Waals surface area contributed by atoms with Gasteiger partial charge in [0.15, 0.2) is 11.5 Å². The Balaban J connectivity index is 2.85. The molecule has 0 saturated carbocycles. The van der Waals surface area contributed by atoms with E-state index >= 15 is 0 Å². The standard InChI is InChI=1S/C19H28O2/c1-5-8-9-10-16(4)17-11-12-18(20-13-6-2)19(15-17)21-14-7-3/h11-12,15-16H,5-7,10,13-14H2,1-4H3. The van der Waals surface area contributed by atoms with Crippen LogP contribution in [-0.4, -0.2) is 13.2 Å². The van der Waals surface area contributed by atoms with Gasteiger partial charge in [-0.25, -0.2) is 0 Å². The van der Waals surface area contributed by atoms with Crippen molar-refractivity contribution in [3.8, 4) is 23.3 Å². The van der Waals surface area contributed by atoms with Crippen LogP contribution in [0.3, 0.4) is 0 Å². The van der Waals surface area contributed by atoms with Crippen LogP contribution < -0.4 is 9.47 Å². The van der Waals surface area contributed by atoms with Crippen molar-refractivity contribution in [3.63, 3.8) is 0 Å². The minimum atomic E-state index is 0.410. The van der Waals surface area contributed by atoms with Crippen molar-refractivity contribution in [3.05, 3.63) is 23.8 Å². The largest absolute Gasteiger partial charge is 0.490 e. The topological polar surface area (TPSA) is 18.5 Å². The fourth-order valence-corrected chi connectivity index (χ4v) is 1.96. The first-order valence-corrected chi connectivity index (χ1v) is 8.08. The molecule has 0 fully saturated rings. The Hall–Kier alpha value is -1.62. The zero-order valence-corrected chi connectivity index (χ0v) is 13.9. The van der Waals surface area contributed by atoms with Crippen LogP contribution in [0.2, 0.25) is 0 Å². The molecule has 0 bridgehead atoms. The summed E-state index contributed by atoms with van der Waals surface area (Å²) in [5, 5.41) is 0. The van der Waals surface area contributed by atoms with Gasteiger partial charge in [0, 0.05) is 12.8 Å². The molecule has 1 rings (SSSR count). The lowest BCUT2D eigenvalue weighted by Crippen LogP contribution is -2.03. The van der Waals surface area contributed by atoms with E-state index in [2.05, 4.69) is 51.7 Å². The molecule has 0 aliphatic carbocycles. The average molecular weight is 288 g/mol. The zero-order chi connectivity index (χ0) is 15.5. The summed E-state index contributed by atoms with van der Waals surface area (Å²) in [5.41, 5.74) is 1.26. The van der Waals surface area contributed by atoms with E-state index in [0.29, 0.717) is 5.92 Å². The highest BCUT2D eigenvalue weighted by Gasteiger charge is 2.10. The third-order valence-corrected chi connectivity index (χ3v) is 3.17. The summed E-state index contributed by atoms with van der Waals surface area (Å²) in [7, 11) is 0. The van der Waals surface area contributed by atoms with Gasteiger partial charge < -0.3 is 9.47 Å². The molecule has 1 unspecified atom stereocenters. The molecule has 0 spiro atoms. The molecule has 2 heteroatoms. The third kappa shape index (κ3) is 6.12. The van der Waals surface area contributed by atoms with E-state index < -0.39 is 0 Å². The van der Waals surface area contributed by atoms with Gasteiger partial charge in [-0.2, -0.15) is 0 Å². The molecular weight excluding hydrogens is 260 g/mol. The molecule has 0 aliphatic rings. The van der Waals surface area contributed by atoms with Gasteiger partial charge in [-0.15, -0.1) is 11.8 Å². The average Bonchev–Trinajstić information content (AvgIpc) is 2.51. The molecule has 0 aliphatic heterocycles. The maximum Gasteiger partial charge on any atom is 0.161 e. The Morgan fingerprint density at radius 2 is 1.62 bits per heavy atom. The van der Waals surface area contributed by atoms with E-state index in [1.807, 2.05) is 6.07 Å². The maximum atomic E-state index is 5.84. The molecule has 116 valence electrons. The lowest BCUT2D eigenvalue weighted by atomic mass is 9.97. The van der Waals surface area contributed by atoms with Gasteiger partial charge in [-0.05, 0) is 36.5 Å². The molecule has 0 heterocycles. The van der Waals surface area contributed by atoms with Crippen LogP contribution in [0.5, 0.6) is 11.5 Å². The van der Waals surface area contributed by atoms with Gasteiger partial charge in [0.1, 0.15) is 0 Å². The van der Waals surface area contributed by atoms with Crippen LogP contribution in [0.25, 0.3) is 0 Å². The van der Waals surface area contributed by atoms with E-state index in [1.54, 1.807) is 0 Å². The maximum absolute atomic E-state index is 5.84. The summed E-state index contributed by atoms with van der Waals surface area (Å²) < 4.78 is 11.6. The summed E-state index contributed by atoms with van der Waals surface area (Å²) in [6.07, 6.45) is 3.80. The number of rotatable bonds is 8. The Kier molecular flexibility index (Phi) is 8.43. The van der Waals surface area contributed by atoms with Crippen LogP contribution >= 0.6 is 0 Å². The SMILES string of the molecule is CCC#CCC(C)c1ccc(OCCC)c(OCCC)c1. The predicted octanol–water partition coefficient (Wildman–Crippen LogP) is 5.17. The second-order valence-corrected chi connectivity index (χ2v) is 5.22. The van der Waals surface area contributed by atoms with Gasteiger partial charge in [0.2, 0.25) is 0 Å². The van der Waals surface area contributed by atoms with Crippen LogP contribution in [0.1, 0.15) is 64.9 Å². The van der Waals surface area contributed by atoms with Gasteiger partial charge in [0.25, 0.3) is 0 Å². The Labute approximate surface area is 129 Å². The Bertz CT molecular complexity index is 468. The molecule has 1 aromatic rings. The van der Waals surface area contributed by atoms with Crippen molar-refractivity contribution in [2.24, 2.45) is 0 Å². The quantitative estimate of drug-likeness (QED) is 0.614. The van der Waals surface area contributed by atoms with Gasteiger partial charge in [-0.3, -0.25) is 0 Å². The molecule has 2 nitrogen and oxygen atoms in total. The summed E-state index contributed by atoms with van der Waals surface area (Å²) in [4.78, 5) is 0. The highest BCUT2D eigenvalue weighted by Crippen LogP contribution is 2.32. The lowest BCUT2D eigenvalue weighted by Gasteiger charge is -2.15. The molecule has 0 radical (unpaired) electrons. The van der Waals surface area contributed by atoms with Crippen LogP contribution in [0.15, 0.2) is 18.2 Å². The van der Waals surface area contributed by atoms with E-state index in [1.165, 1.54) is 5.56 Å². The smallest absolute Gasteiger partial charge is 0.161 e. The second kappa shape index (κ2) is 10.2. The van der Waals surface area contributed by atoms with Gasteiger partial charge in [-0.1, -0.05) is 33.8 Å². The second-order valence-electron chi connectivity index (χ2n) is 5.22. The van der Waals surface area contributed by atoms with E-state index in [0.717, 1.165) is 50.4 Å². The number of hydrogen-bond donors (Lipinski definition) is 0. The molecule has 0 saturated heterocycles. The minimum Gasteiger partial charge on any atom is -0.490 e. The Morgan fingerprint density at radius 3 is 2.24 bits per heavy atom. The number of ether oxygens (including phenoxy) is 2. The fraction of sp³-hybridized carbons (Fsp3) is 0.579. The fourth-order valence-electron chi connectivity index (χ4n) is 1.96. The summed E-state index contributed by atoms with van der Waals surface area (Å²) >= 11 is 0. The molecule has 1 aromatic carbocycles. The van der Waals surface area contributed by atoms with Crippen molar-refractivity contribution < 1.29 is 9.47 Å². The molecule has 0 aromatic heterocycles. The summed E-state index contributed by atoms with van der Waals surface area (Å²) in [6.45, 7) is 9.94. The molecule has 0 N–H and O–H groups in total. The molecular formula is C19H28O2. The zero-order valence-electron chi connectivity index (χ0n) is 13.9. The lowest BCUT2D eigenvalue weighted by molar-refractivity contribution is 0.268. The van der Waals surface area contributed by atoms with E-state index in [4.69, 9.17) is 9.47 Å². The first-order valence-electron chi connectivity index (χ1n) is 8.08. The van der Waals surface area contributed by atoms with Gasteiger partial charge >= 0.3 is 0 Å². The van der Waals surface area contributed by atoms with Crippen molar-refractivity contribution in [2.75, 3.05) is 13.2 Å². The van der Waals surface area contributed by atoms with Crippen molar-refractivity contribution in [2.45, 2.75) is 59.3 Å². The van der Waals surface area contributed by atoms with Crippen molar-refractivity contribution in [1.82, 2.24) is 0 Å². The first-order chi connectivity index (χ1) is 10.2. The molecule has 21 heavy (non-hydrogen) atoms. The first kappa shape index (κ1) is 17.4. The third-order valence-electron chi connectivity index (χ3n) is 3.17. The summed E-state index contributed by atoms with van der Waals surface area (Å²) in [6, 6.07) is 6.26. The van der Waals surface area contributed by atoms with Crippen LogP contribution in [0.4, 0.5) is 0 Å². The summed E-state index contributed by atoms with van der Waals surface area (Å²) in [5.74, 6) is 8.47. The number of hydrogen-bond acceptors (Lipinski definition) is 2. The highest BCUT2D eigenvalue weighted by molar-refractivity contribution is 5.44. The van der Waals surface area contributed by atoms with Crippen molar-refractivity contribution >= 4 is 0 Å². The normalized spacial score (nSPS) is 11.4.